The Morgan fingerprint density at radius 2 is 0.545 bits per heavy atom. The van der Waals surface area contributed by atoms with Gasteiger partial charge < -0.3 is 28.4 Å². The molecule has 560 valence electrons. The van der Waals surface area contributed by atoms with Gasteiger partial charge in [0.05, 0.1) is 68.5 Å². The first-order valence-corrected chi connectivity index (χ1v) is 41.5. The molecule has 0 atom stereocenters. The quantitative estimate of drug-likeness (QED) is 0.148. The highest BCUT2D eigenvalue weighted by atomic mass is 32.1. The summed E-state index contributed by atoms with van der Waals surface area (Å²) in [6, 6.07) is 72.7. The molecule has 0 aliphatic carbocycles. The summed E-state index contributed by atoms with van der Waals surface area (Å²) < 4.78 is 12.7. The molecule has 0 radical (unpaired) electrons. The van der Waals surface area contributed by atoms with Crippen molar-refractivity contribution in [2.24, 2.45) is 0 Å². The number of hydrogen-bond acceptors (Lipinski definition) is 7. The third-order valence-corrected chi connectivity index (χ3v) is 26.3. The van der Waals surface area contributed by atoms with Gasteiger partial charge in [-0.15, -0.1) is 34.0 Å². The molecule has 2 aliphatic rings. The van der Waals surface area contributed by atoms with Crippen LogP contribution >= 0.6 is 34.0 Å². The summed E-state index contributed by atoms with van der Waals surface area (Å²) in [5, 5.41) is 10.8. The van der Waals surface area contributed by atoms with Crippen LogP contribution in [0.25, 0.3) is 169 Å². The van der Waals surface area contributed by atoms with Crippen molar-refractivity contribution >= 4 is 152 Å². The maximum atomic E-state index is 13.2. The van der Waals surface area contributed by atoms with Gasteiger partial charge in [0.1, 0.15) is 15.0 Å². The van der Waals surface area contributed by atoms with Gasteiger partial charge in [0.25, 0.3) is 0 Å². The van der Waals surface area contributed by atoms with Crippen molar-refractivity contribution in [1.29, 1.82) is 0 Å². The van der Waals surface area contributed by atoms with Crippen molar-refractivity contribution < 1.29 is 9.53 Å². The molecule has 12 heteroatoms. The van der Waals surface area contributed by atoms with E-state index in [0.717, 1.165) is 124 Å². The topological polar surface area (TPSA) is 98.4 Å². The molecular weight excluding hydrogens is 1430 g/mol. The lowest BCUT2D eigenvalue weighted by Crippen LogP contribution is -2.10. The van der Waals surface area contributed by atoms with E-state index in [2.05, 4.69) is 342 Å². The number of nitrogens with one attached hydrogen (secondary N) is 2. The lowest BCUT2D eigenvalue weighted by atomic mass is 9.85. The largest absolute Gasteiger partial charge is 0.465 e. The van der Waals surface area contributed by atoms with Crippen molar-refractivity contribution in [3.05, 3.63) is 256 Å². The minimum absolute atomic E-state index is 0.0417. The number of aromatic amines is 2. The summed E-state index contributed by atoms with van der Waals surface area (Å²) in [6.45, 7) is 41.4. The number of methoxy groups -OCH3 is 1. The average Bonchev–Trinajstić information content (AvgIpc) is 1.59. The van der Waals surface area contributed by atoms with Crippen molar-refractivity contribution in [1.82, 2.24) is 33.6 Å². The number of carbonyl (C=O) groups excluding carboxylic acids is 1. The molecule has 0 spiro atoms. The zero-order valence-electron chi connectivity index (χ0n) is 67.6. The molecule has 8 bridgehead atoms. The average molecular weight is 1520 g/mol. The van der Waals surface area contributed by atoms with Crippen molar-refractivity contribution in [3.8, 4) is 57.5 Å². The van der Waals surface area contributed by atoms with Crippen molar-refractivity contribution in [2.75, 3.05) is 7.11 Å². The predicted molar refractivity (Wildman–Crippen MR) is 481 cm³/mol. The molecule has 2 aliphatic heterocycles. The fourth-order valence-corrected chi connectivity index (χ4v) is 19.8. The highest BCUT2D eigenvalue weighted by Crippen LogP contribution is 2.49. The predicted octanol–water partition coefficient (Wildman–Crippen LogP) is 28.4. The third kappa shape index (κ3) is 12.3. The lowest BCUT2D eigenvalue weighted by Gasteiger charge is -2.19. The number of hydrogen-bond donors (Lipinski definition) is 2. The fourth-order valence-electron chi connectivity index (χ4n) is 16.5. The minimum atomic E-state index is -0.399. The zero-order valence-corrected chi connectivity index (χ0v) is 70.0. The highest BCUT2D eigenvalue weighted by Gasteiger charge is 2.29. The Hall–Kier alpha value is -10.9. The van der Waals surface area contributed by atoms with Crippen LogP contribution in [0.1, 0.15) is 191 Å². The monoisotopic (exact) mass is 1520 g/mol. The van der Waals surface area contributed by atoms with E-state index in [-0.39, 0.29) is 32.5 Å². The SMILES string of the molecule is COC(=O)c1ccc(-c2c3nc(c(-c4ccc(-n5c6ccc(C(C)(C)C)cc6c6cc(C(C)(C)C)ccc65)s4)c4ccc([nH]4)c(-c4ccc(-n5c6ccc(C(C)(C)C)cc6c6cc(C(C)(C)C)ccc65)s4)c4nc(c(-c5ccc(-n6c7ccc(C(C)(C)C)cc7c7cc(C(C)(C)C)ccc76)s5)c5ccc2[nH]5)C=C4)C=C3)cc1. The van der Waals surface area contributed by atoms with Crippen LogP contribution in [0.4, 0.5) is 0 Å². The van der Waals surface area contributed by atoms with E-state index in [9.17, 15) is 4.79 Å². The van der Waals surface area contributed by atoms with Crippen LogP contribution in [-0.4, -0.2) is 46.7 Å². The number of esters is 1. The molecule has 7 aromatic carbocycles. The molecule has 0 fully saturated rings. The van der Waals surface area contributed by atoms with Crippen LogP contribution in [0.15, 0.2) is 194 Å². The summed E-state index contributed by atoms with van der Waals surface area (Å²) in [5.41, 5.74) is 26.6. The van der Waals surface area contributed by atoms with Gasteiger partial charge in [0.15, 0.2) is 0 Å². The first kappa shape index (κ1) is 72.6. The minimum Gasteiger partial charge on any atom is -0.465 e. The second-order valence-corrected chi connectivity index (χ2v) is 40.1. The maximum Gasteiger partial charge on any atom is 0.337 e. The Balaban J connectivity index is 0.909. The summed E-state index contributed by atoms with van der Waals surface area (Å²) in [6.07, 6.45) is 8.76. The van der Waals surface area contributed by atoms with Crippen LogP contribution in [0.5, 0.6) is 0 Å². The number of thiophene rings is 3. The molecule has 0 unspecified atom stereocenters. The van der Waals surface area contributed by atoms with Crippen LogP contribution in [0.3, 0.4) is 0 Å². The maximum absolute atomic E-state index is 13.2. The van der Waals surface area contributed by atoms with Crippen LogP contribution in [0.2, 0.25) is 0 Å². The fraction of sp³-hybridized carbons (Fsp3) is 0.250. The molecule has 0 saturated heterocycles. The third-order valence-electron chi connectivity index (χ3n) is 23.0. The number of aromatic nitrogens is 7. The normalized spacial score (nSPS) is 13.3. The molecule has 112 heavy (non-hydrogen) atoms. The van der Waals surface area contributed by atoms with E-state index >= 15 is 0 Å². The Bertz CT molecular complexity index is 6470. The molecule has 2 N–H and O–H groups in total. The number of nitrogens with zero attached hydrogens (tertiary/aromatic N) is 5. The lowest BCUT2D eigenvalue weighted by molar-refractivity contribution is 0.0600. The van der Waals surface area contributed by atoms with Crippen molar-refractivity contribution in [3.63, 3.8) is 0 Å². The second-order valence-electron chi connectivity index (χ2n) is 36.9. The van der Waals surface area contributed by atoms with Gasteiger partial charge in [-0.25, -0.2) is 14.8 Å². The molecule has 9 nitrogen and oxygen atoms in total. The van der Waals surface area contributed by atoms with E-state index in [1.807, 2.05) is 24.3 Å². The Morgan fingerprint density at radius 1 is 0.304 bits per heavy atom. The number of H-pyrrole nitrogens is 2. The summed E-state index contributed by atoms with van der Waals surface area (Å²) in [5.74, 6) is -0.399. The van der Waals surface area contributed by atoms with Gasteiger partial charge in [0.2, 0.25) is 0 Å². The number of rotatable bonds is 8. The summed E-state index contributed by atoms with van der Waals surface area (Å²) in [7, 11) is 1.42. The Labute approximate surface area is 667 Å². The van der Waals surface area contributed by atoms with E-state index in [1.165, 1.54) is 83.8 Å². The number of ether oxygens (including phenoxy) is 1. The van der Waals surface area contributed by atoms with E-state index in [0.29, 0.717) is 5.56 Å². The molecule has 0 amide bonds. The molecule has 18 rings (SSSR count). The van der Waals surface area contributed by atoms with Gasteiger partial charge >= 0.3 is 5.97 Å². The van der Waals surface area contributed by atoms with Gasteiger partial charge in [0, 0.05) is 91.3 Å². The van der Waals surface area contributed by atoms with E-state index < -0.39 is 5.97 Å². The van der Waals surface area contributed by atoms with Crippen LogP contribution < -0.4 is 0 Å². The van der Waals surface area contributed by atoms with Crippen LogP contribution in [-0.2, 0) is 37.2 Å². The van der Waals surface area contributed by atoms with Gasteiger partial charge in [-0.1, -0.05) is 173 Å². The van der Waals surface area contributed by atoms with E-state index in [4.69, 9.17) is 14.7 Å². The van der Waals surface area contributed by atoms with Gasteiger partial charge in [-0.2, -0.15) is 0 Å². The zero-order chi connectivity index (χ0) is 78.4. The van der Waals surface area contributed by atoms with E-state index in [1.54, 1.807) is 34.0 Å². The summed E-state index contributed by atoms with van der Waals surface area (Å²) in [4.78, 5) is 36.3. The van der Waals surface area contributed by atoms with Crippen LogP contribution in [0, 0.1) is 0 Å². The number of carbonyl (C=O) groups is 1. The molecule has 16 aromatic rings. The molecule has 9 aromatic heterocycles. The number of fused-ring (bicyclic) bond motifs is 17. The Kier molecular flexibility index (Phi) is 16.8. The van der Waals surface area contributed by atoms with Gasteiger partial charge in [-0.05, 0) is 241 Å². The van der Waals surface area contributed by atoms with Crippen molar-refractivity contribution in [2.45, 2.75) is 157 Å². The Morgan fingerprint density at radius 3 is 0.786 bits per heavy atom. The highest BCUT2D eigenvalue weighted by molar-refractivity contribution is 7.18. The summed E-state index contributed by atoms with van der Waals surface area (Å²) >= 11 is 5.34. The molecule has 0 saturated carbocycles. The van der Waals surface area contributed by atoms with Gasteiger partial charge in [-0.3, -0.25) is 0 Å². The first-order valence-electron chi connectivity index (χ1n) is 39.1. The second kappa shape index (κ2) is 25.8. The molecule has 11 heterocycles. The molecular formula is C100H95N7O2S3. The standard InChI is InChI=1S/C100H95N7O2S3/c1-95(2,3)58-24-38-78-64(50-58)65-51-59(96(4,5)6)25-39-79(65)105(78)87-47-44-84(110-87)91-72-32-30-70(101-72)90(56-20-22-57(23-21-56)94(108)109-19)71-31-33-73(102-71)92(85-45-48-88(111-85)106-80-40-26-60(97(7,8)9)52-66(80)67-53-61(98(10,11)12)27-41-81(67)106)75-35-37-77(104-75)93(76-36-34-74(91)103-76)86-46-49-89(112-86)107-82-42-28-62(99(13,14)15)54-68(82)69-55-63(100(16,17)18)29-43-83(69)107/h20-55,101,104H,1-19H3. The smallest absolute Gasteiger partial charge is 0.337 e. The number of benzene rings is 7. The first-order chi connectivity index (χ1) is 53.1.